The lowest BCUT2D eigenvalue weighted by atomic mass is 9.72. The van der Waals surface area contributed by atoms with E-state index < -0.39 is 15.8 Å². The minimum atomic E-state index is -3.36. The van der Waals surface area contributed by atoms with Crippen LogP contribution in [0.5, 0.6) is 0 Å². The summed E-state index contributed by atoms with van der Waals surface area (Å²) in [6.45, 7) is 3.63. The number of hydrogen-bond donors (Lipinski definition) is 1. The van der Waals surface area contributed by atoms with Gasteiger partial charge in [0.15, 0.2) is 0 Å². The van der Waals surface area contributed by atoms with Crippen LogP contribution >= 0.6 is 0 Å². The average molecular weight is 316 g/mol. The fourth-order valence-electron chi connectivity index (χ4n) is 4.31. The van der Waals surface area contributed by atoms with Gasteiger partial charge in [0, 0.05) is 31.6 Å². The molecule has 2 aliphatic heterocycles. The molecule has 6 heteroatoms. The number of aliphatic hydroxyl groups is 1. The van der Waals surface area contributed by atoms with E-state index in [-0.39, 0.29) is 12.0 Å². The minimum absolute atomic E-state index is 0.107. The smallest absolute Gasteiger partial charge is 0.282 e. The Morgan fingerprint density at radius 1 is 1.05 bits per heavy atom. The first-order chi connectivity index (χ1) is 9.93. The van der Waals surface area contributed by atoms with Gasteiger partial charge < -0.3 is 5.11 Å². The Morgan fingerprint density at radius 3 is 2.57 bits per heavy atom. The summed E-state index contributed by atoms with van der Waals surface area (Å²) in [6.07, 6.45) is 7.62. The van der Waals surface area contributed by atoms with Crippen molar-refractivity contribution in [3.05, 3.63) is 0 Å². The Hall–Kier alpha value is -0.170. The van der Waals surface area contributed by atoms with Crippen LogP contribution in [-0.4, -0.2) is 53.4 Å². The highest BCUT2D eigenvalue weighted by atomic mass is 32.2. The van der Waals surface area contributed by atoms with Crippen LogP contribution in [-0.2, 0) is 10.2 Å². The zero-order chi connectivity index (χ0) is 15.1. The second-order valence-corrected chi connectivity index (χ2v) is 9.00. The standard InChI is InChI=1S/C15H28N2O3S/c1-13-6-3-5-10-17(13)21(19,20)16-11-9-15(18)8-4-2-7-14(15)12-16/h13-14,18H,2-12H2,1H3. The summed E-state index contributed by atoms with van der Waals surface area (Å²) in [7, 11) is -3.36. The third kappa shape index (κ3) is 2.87. The van der Waals surface area contributed by atoms with Crippen LogP contribution < -0.4 is 0 Å². The molecule has 2 saturated heterocycles. The van der Waals surface area contributed by atoms with Gasteiger partial charge in [0.05, 0.1) is 5.60 Å². The molecule has 3 aliphatic rings. The largest absolute Gasteiger partial charge is 0.390 e. The fourth-order valence-corrected chi connectivity index (χ4v) is 6.22. The van der Waals surface area contributed by atoms with Crippen LogP contribution in [0.4, 0.5) is 0 Å². The molecule has 5 nitrogen and oxygen atoms in total. The zero-order valence-corrected chi connectivity index (χ0v) is 13.8. The first-order valence-corrected chi connectivity index (χ1v) is 9.82. The second-order valence-electron chi connectivity index (χ2n) is 7.12. The van der Waals surface area contributed by atoms with E-state index in [0.29, 0.717) is 26.1 Å². The van der Waals surface area contributed by atoms with E-state index in [1.54, 1.807) is 8.61 Å². The van der Waals surface area contributed by atoms with E-state index in [2.05, 4.69) is 0 Å². The van der Waals surface area contributed by atoms with Crippen LogP contribution in [0.3, 0.4) is 0 Å². The molecule has 3 atom stereocenters. The van der Waals surface area contributed by atoms with Gasteiger partial charge in [-0.25, -0.2) is 0 Å². The molecule has 0 aromatic carbocycles. The molecule has 3 unspecified atom stereocenters. The highest BCUT2D eigenvalue weighted by Crippen LogP contribution is 2.41. The predicted molar refractivity (Wildman–Crippen MR) is 82.0 cm³/mol. The lowest BCUT2D eigenvalue weighted by molar-refractivity contribution is -0.0825. The van der Waals surface area contributed by atoms with Crippen LogP contribution in [0.15, 0.2) is 0 Å². The van der Waals surface area contributed by atoms with Crippen molar-refractivity contribution in [2.75, 3.05) is 19.6 Å². The van der Waals surface area contributed by atoms with Crippen LogP contribution in [0.2, 0.25) is 0 Å². The fraction of sp³-hybridized carbons (Fsp3) is 1.00. The molecule has 3 rings (SSSR count). The molecule has 0 aromatic rings. The molecule has 1 saturated carbocycles. The number of hydrogen-bond acceptors (Lipinski definition) is 3. The molecule has 0 aromatic heterocycles. The van der Waals surface area contributed by atoms with Crippen molar-refractivity contribution in [3.63, 3.8) is 0 Å². The van der Waals surface area contributed by atoms with Gasteiger partial charge >= 0.3 is 0 Å². The number of nitrogens with zero attached hydrogens (tertiary/aromatic N) is 2. The topological polar surface area (TPSA) is 60.9 Å². The average Bonchev–Trinajstić information content (AvgIpc) is 2.46. The van der Waals surface area contributed by atoms with Crippen molar-refractivity contribution in [2.45, 2.75) is 69.9 Å². The van der Waals surface area contributed by atoms with Crippen molar-refractivity contribution in [2.24, 2.45) is 5.92 Å². The molecule has 0 bridgehead atoms. The minimum Gasteiger partial charge on any atom is -0.390 e. The first kappa shape index (κ1) is 15.7. The normalized spacial score (nSPS) is 39.9. The maximum Gasteiger partial charge on any atom is 0.282 e. The van der Waals surface area contributed by atoms with Crippen molar-refractivity contribution < 1.29 is 13.5 Å². The van der Waals surface area contributed by atoms with Gasteiger partial charge in [-0.15, -0.1) is 0 Å². The van der Waals surface area contributed by atoms with Gasteiger partial charge in [0.2, 0.25) is 0 Å². The van der Waals surface area contributed by atoms with Gasteiger partial charge in [0.1, 0.15) is 0 Å². The summed E-state index contributed by atoms with van der Waals surface area (Å²) < 4.78 is 29.1. The lowest BCUT2D eigenvalue weighted by Crippen LogP contribution is -2.58. The SMILES string of the molecule is CC1CCCCN1S(=O)(=O)N1CCC2(O)CCCCC2C1. The van der Waals surface area contributed by atoms with Gasteiger partial charge in [-0.2, -0.15) is 17.0 Å². The molecule has 0 radical (unpaired) electrons. The Bertz CT molecular complexity index is 481. The molecular weight excluding hydrogens is 288 g/mol. The molecule has 0 amide bonds. The maximum absolute atomic E-state index is 12.9. The third-order valence-corrected chi connectivity index (χ3v) is 7.87. The lowest BCUT2D eigenvalue weighted by Gasteiger charge is -2.48. The van der Waals surface area contributed by atoms with Crippen molar-refractivity contribution in [1.29, 1.82) is 0 Å². The summed E-state index contributed by atoms with van der Waals surface area (Å²) in [5.74, 6) is 0.120. The van der Waals surface area contributed by atoms with Gasteiger partial charge in [-0.05, 0) is 39.0 Å². The third-order valence-electron chi connectivity index (χ3n) is 5.76. The van der Waals surface area contributed by atoms with Crippen LogP contribution in [0.1, 0.15) is 58.3 Å². The highest BCUT2D eigenvalue weighted by molar-refractivity contribution is 7.86. The highest BCUT2D eigenvalue weighted by Gasteiger charge is 2.47. The van der Waals surface area contributed by atoms with Crippen molar-refractivity contribution in [1.82, 2.24) is 8.61 Å². The molecule has 0 spiro atoms. The maximum atomic E-state index is 12.9. The Morgan fingerprint density at radius 2 is 1.81 bits per heavy atom. The van der Waals surface area contributed by atoms with Crippen LogP contribution in [0.25, 0.3) is 0 Å². The van der Waals surface area contributed by atoms with Gasteiger partial charge in [-0.3, -0.25) is 0 Å². The van der Waals surface area contributed by atoms with E-state index in [4.69, 9.17) is 0 Å². The summed E-state index contributed by atoms with van der Waals surface area (Å²) in [4.78, 5) is 0. The van der Waals surface area contributed by atoms with Gasteiger partial charge in [0.25, 0.3) is 10.2 Å². The molecule has 2 heterocycles. The summed E-state index contributed by atoms with van der Waals surface area (Å²) in [5.41, 5.74) is -0.613. The monoisotopic (exact) mass is 316 g/mol. The quantitative estimate of drug-likeness (QED) is 0.844. The van der Waals surface area contributed by atoms with E-state index in [0.717, 1.165) is 44.9 Å². The molecule has 1 aliphatic carbocycles. The van der Waals surface area contributed by atoms with E-state index in [1.807, 2.05) is 6.92 Å². The summed E-state index contributed by atoms with van der Waals surface area (Å²) in [5, 5.41) is 10.7. The van der Waals surface area contributed by atoms with Gasteiger partial charge in [-0.1, -0.05) is 19.3 Å². The second kappa shape index (κ2) is 5.80. The summed E-state index contributed by atoms with van der Waals surface area (Å²) >= 11 is 0. The zero-order valence-electron chi connectivity index (χ0n) is 13.0. The van der Waals surface area contributed by atoms with Crippen molar-refractivity contribution >= 4 is 10.2 Å². The number of piperidine rings is 2. The Kier molecular flexibility index (Phi) is 4.34. The molecule has 122 valence electrons. The molecule has 3 fully saturated rings. The Balaban J connectivity index is 1.74. The number of rotatable bonds is 2. The number of fused-ring (bicyclic) bond motifs is 1. The first-order valence-electron chi connectivity index (χ1n) is 8.43. The van der Waals surface area contributed by atoms with Crippen molar-refractivity contribution in [3.8, 4) is 0 Å². The molecule has 1 N–H and O–H groups in total. The Labute approximate surface area is 128 Å². The van der Waals surface area contributed by atoms with Crippen LogP contribution in [0, 0.1) is 5.92 Å². The summed E-state index contributed by atoms with van der Waals surface area (Å²) in [6, 6.07) is 0.107. The predicted octanol–water partition coefficient (Wildman–Crippen LogP) is 1.73. The van der Waals surface area contributed by atoms with E-state index >= 15 is 0 Å². The van der Waals surface area contributed by atoms with E-state index in [1.165, 1.54) is 0 Å². The molecular formula is C15H28N2O3S. The van der Waals surface area contributed by atoms with E-state index in [9.17, 15) is 13.5 Å². The molecule has 21 heavy (non-hydrogen) atoms.